The van der Waals surface area contributed by atoms with Crippen LogP contribution in [0.1, 0.15) is 18.2 Å². The third-order valence-electron chi connectivity index (χ3n) is 4.15. The lowest BCUT2D eigenvalue weighted by molar-refractivity contribution is -0.131. The molecule has 0 spiro atoms. The minimum atomic E-state index is -0.298. The molecule has 3 aromatic heterocycles. The maximum absolute atomic E-state index is 12.4. The minimum absolute atomic E-state index is 0.00290. The number of rotatable bonds is 4. The van der Waals surface area contributed by atoms with E-state index in [9.17, 15) is 9.59 Å². The van der Waals surface area contributed by atoms with Crippen molar-refractivity contribution in [2.75, 3.05) is 13.1 Å². The molecule has 1 amide bonds. The molecule has 0 N–H and O–H groups in total. The predicted molar refractivity (Wildman–Crippen MR) is 84.4 cm³/mol. The third kappa shape index (κ3) is 3.08. The zero-order valence-corrected chi connectivity index (χ0v) is 13.2. The van der Waals surface area contributed by atoms with Crippen molar-refractivity contribution in [2.24, 2.45) is 0 Å². The van der Waals surface area contributed by atoms with E-state index in [0.29, 0.717) is 30.6 Å². The Balaban J connectivity index is 1.42. The Morgan fingerprint density at radius 2 is 2.24 bits per heavy atom. The van der Waals surface area contributed by atoms with Crippen LogP contribution in [0.25, 0.3) is 11.7 Å². The van der Waals surface area contributed by atoms with Gasteiger partial charge in [0.15, 0.2) is 11.6 Å². The summed E-state index contributed by atoms with van der Waals surface area (Å²) in [5, 5.41) is 7.90. The van der Waals surface area contributed by atoms with Crippen molar-refractivity contribution >= 4 is 5.91 Å². The van der Waals surface area contributed by atoms with E-state index in [-0.39, 0.29) is 23.9 Å². The Morgan fingerprint density at radius 1 is 1.32 bits per heavy atom. The second kappa shape index (κ2) is 6.34. The van der Waals surface area contributed by atoms with Crippen LogP contribution in [0.2, 0.25) is 0 Å². The summed E-state index contributed by atoms with van der Waals surface area (Å²) in [7, 11) is 0. The molecule has 0 unspecified atom stereocenters. The molecular formula is C16H15N5O4. The van der Waals surface area contributed by atoms with Crippen LogP contribution in [-0.4, -0.2) is 43.8 Å². The average molecular weight is 341 g/mol. The van der Waals surface area contributed by atoms with Crippen LogP contribution < -0.4 is 5.56 Å². The van der Waals surface area contributed by atoms with Gasteiger partial charge in [-0.2, -0.15) is 10.1 Å². The van der Waals surface area contributed by atoms with Crippen LogP contribution in [0, 0.1) is 0 Å². The largest absolute Gasteiger partial charge is 0.459 e. The first-order chi connectivity index (χ1) is 12.2. The Bertz CT molecular complexity index is 930. The lowest BCUT2D eigenvalue weighted by Gasteiger charge is -2.15. The number of likely N-dealkylation sites (tertiary alicyclic amines) is 1. The van der Waals surface area contributed by atoms with Gasteiger partial charge >= 0.3 is 0 Å². The van der Waals surface area contributed by atoms with E-state index in [0.717, 1.165) is 11.1 Å². The topological polar surface area (TPSA) is 107 Å². The summed E-state index contributed by atoms with van der Waals surface area (Å²) in [5.74, 6) is 1.23. The molecule has 1 fully saturated rings. The second-order valence-electron chi connectivity index (χ2n) is 5.78. The van der Waals surface area contributed by atoms with E-state index >= 15 is 0 Å². The van der Waals surface area contributed by atoms with Gasteiger partial charge in [-0.1, -0.05) is 5.16 Å². The molecule has 9 heteroatoms. The SMILES string of the molecule is O=C(Cn1ncccc1=O)N1CC[C@H](c2noc(-c3ccco3)n2)C1. The van der Waals surface area contributed by atoms with E-state index in [1.807, 2.05) is 0 Å². The molecule has 0 radical (unpaired) electrons. The van der Waals surface area contributed by atoms with Gasteiger partial charge < -0.3 is 13.8 Å². The first-order valence-electron chi connectivity index (χ1n) is 7.88. The lowest BCUT2D eigenvalue weighted by Crippen LogP contribution is -2.35. The maximum Gasteiger partial charge on any atom is 0.293 e. The van der Waals surface area contributed by atoms with Gasteiger partial charge in [0.1, 0.15) is 6.54 Å². The summed E-state index contributed by atoms with van der Waals surface area (Å²) in [4.78, 5) is 30.1. The molecule has 0 bridgehead atoms. The molecule has 4 rings (SSSR count). The lowest BCUT2D eigenvalue weighted by atomic mass is 10.1. The molecular weight excluding hydrogens is 326 g/mol. The average Bonchev–Trinajstić information content (AvgIpc) is 3.36. The smallest absolute Gasteiger partial charge is 0.293 e. The van der Waals surface area contributed by atoms with Gasteiger partial charge in [-0.25, -0.2) is 4.68 Å². The highest BCUT2D eigenvalue weighted by Crippen LogP contribution is 2.27. The van der Waals surface area contributed by atoms with Crippen LogP contribution >= 0.6 is 0 Å². The summed E-state index contributed by atoms with van der Waals surface area (Å²) in [6.45, 7) is 0.990. The van der Waals surface area contributed by atoms with E-state index in [2.05, 4.69) is 15.2 Å². The van der Waals surface area contributed by atoms with Crippen LogP contribution in [0.15, 0.2) is 50.5 Å². The summed E-state index contributed by atoms with van der Waals surface area (Å²) in [6.07, 6.45) is 3.76. The van der Waals surface area contributed by atoms with Crippen molar-refractivity contribution in [2.45, 2.75) is 18.9 Å². The van der Waals surface area contributed by atoms with Crippen molar-refractivity contribution in [3.8, 4) is 11.7 Å². The Hall–Kier alpha value is -3.23. The van der Waals surface area contributed by atoms with Crippen LogP contribution in [0.5, 0.6) is 0 Å². The minimum Gasteiger partial charge on any atom is -0.459 e. The zero-order chi connectivity index (χ0) is 17.2. The number of aromatic nitrogens is 4. The third-order valence-corrected chi connectivity index (χ3v) is 4.15. The molecule has 1 atom stereocenters. The van der Waals surface area contributed by atoms with Crippen molar-refractivity contribution in [3.63, 3.8) is 0 Å². The van der Waals surface area contributed by atoms with Crippen molar-refractivity contribution in [1.82, 2.24) is 24.8 Å². The van der Waals surface area contributed by atoms with Gasteiger partial charge in [0, 0.05) is 31.3 Å². The number of carbonyl (C=O) groups excluding carboxylic acids is 1. The standard InChI is InChI=1S/C16H15N5O4/c22-13-4-1-6-17-21(13)10-14(23)20-7-5-11(9-20)15-18-16(25-19-15)12-3-2-8-24-12/h1-4,6,8,11H,5,7,9-10H2/t11-/m0/s1. The van der Waals surface area contributed by atoms with Crippen molar-refractivity contribution in [1.29, 1.82) is 0 Å². The van der Waals surface area contributed by atoms with Crippen molar-refractivity contribution in [3.05, 3.63) is 52.9 Å². The predicted octanol–water partition coefficient (Wildman–Crippen LogP) is 0.902. The molecule has 128 valence electrons. The van der Waals surface area contributed by atoms with E-state index in [1.54, 1.807) is 23.1 Å². The molecule has 0 aliphatic carbocycles. The van der Waals surface area contributed by atoms with Gasteiger partial charge in [-0.3, -0.25) is 9.59 Å². The number of carbonyl (C=O) groups is 1. The summed E-state index contributed by atoms with van der Waals surface area (Å²) < 4.78 is 11.6. The normalized spacial score (nSPS) is 17.1. The molecule has 25 heavy (non-hydrogen) atoms. The van der Waals surface area contributed by atoms with E-state index < -0.39 is 0 Å². The van der Waals surface area contributed by atoms with Crippen LogP contribution in [0.4, 0.5) is 0 Å². The van der Waals surface area contributed by atoms with Gasteiger partial charge in [-0.05, 0) is 24.6 Å². The first-order valence-corrected chi connectivity index (χ1v) is 7.88. The van der Waals surface area contributed by atoms with Gasteiger partial charge in [0.25, 0.3) is 11.4 Å². The summed E-state index contributed by atoms with van der Waals surface area (Å²) in [6, 6.07) is 6.41. The molecule has 1 saturated heterocycles. The van der Waals surface area contributed by atoms with Crippen LogP contribution in [0.3, 0.4) is 0 Å². The molecule has 1 aliphatic rings. The fourth-order valence-corrected chi connectivity index (χ4v) is 2.83. The van der Waals surface area contributed by atoms with E-state index in [4.69, 9.17) is 8.94 Å². The molecule has 4 heterocycles. The maximum atomic E-state index is 12.4. The molecule has 1 aliphatic heterocycles. The number of nitrogens with zero attached hydrogens (tertiary/aromatic N) is 5. The number of furan rings is 1. The Morgan fingerprint density at radius 3 is 3.04 bits per heavy atom. The molecule has 0 saturated carbocycles. The Labute approximate surface area is 141 Å². The first kappa shape index (κ1) is 15.3. The monoisotopic (exact) mass is 341 g/mol. The zero-order valence-electron chi connectivity index (χ0n) is 13.2. The molecule has 3 aromatic rings. The number of hydrogen-bond donors (Lipinski definition) is 0. The number of hydrogen-bond acceptors (Lipinski definition) is 7. The highest BCUT2D eigenvalue weighted by Gasteiger charge is 2.31. The fourth-order valence-electron chi connectivity index (χ4n) is 2.83. The van der Waals surface area contributed by atoms with Gasteiger partial charge in [0.2, 0.25) is 5.91 Å². The number of amides is 1. The van der Waals surface area contributed by atoms with E-state index in [1.165, 1.54) is 18.5 Å². The highest BCUT2D eigenvalue weighted by atomic mass is 16.5. The summed E-state index contributed by atoms with van der Waals surface area (Å²) >= 11 is 0. The van der Waals surface area contributed by atoms with Crippen molar-refractivity contribution < 1.29 is 13.7 Å². The van der Waals surface area contributed by atoms with Crippen LogP contribution in [-0.2, 0) is 11.3 Å². The Kier molecular flexibility index (Phi) is 3.88. The summed E-state index contributed by atoms with van der Waals surface area (Å²) in [5.41, 5.74) is -0.298. The highest BCUT2D eigenvalue weighted by molar-refractivity contribution is 5.76. The molecule has 9 nitrogen and oxygen atoms in total. The second-order valence-corrected chi connectivity index (χ2v) is 5.78. The van der Waals surface area contributed by atoms with Gasteiger partial charge in [-0.15, -0.1) is 0 Å². The fraction of sp³-hybridized carbons (Fsp3) is 0.312. The quantitative estimate of drug-likeness (QED) is 0.694. The van der Waals surface area contributed by atoms with Gasteiger partial charge in [0.05, 0.1) is 6.26 Å². The molecule has 0 aromatic carbocycles.